The molecule has 7 heteroatoms. The molecule has 0 unspecified atom stereocenters. The van der Waals surface area contributed by atoms with Gasteiger partial charge in [-0.05, 0) is 24.5 Å². The zero-order valence-corrected chi connectivity index (χ0v) is 9.12. The molecule has 0 aromatic carbocycles. The molecule has 0 aliphatic rings. The molecular formula is C8H11N5OS. The zero-order chi connectivity index (χ0) is 10.5. The van der Waals surface area contributed by atoms with E-state index in [1.165, 1.54) is 11.5 Å². The summed E-state index contributed by atoms with van der Waals surface area (Å²) in [5.41, 5.74) is 0. The van der Waals surface area contributed by atoms with Gasteiger partial charge in [-0.15, -0.1) is 15.3 Å². The summed E-state index contributed by atoms with van der Waals surface area (Å²) in [6.07, 6.45) is 2.70. The van der Waals surface area contributed by atoms with E-state index in [1.54, 1.807) is 6.20 Å². The third-order valence-electron chi connectivity index (χ3n) is 1.74. The van der Waals surface area contributed by atoms with E-state index < -0.39 is 0 Å². The molecule has 80 valence electrons. The Balaban J connectivity index is 1.98. The van der Waals surface area contributed by atoms with Crippen molar-refractivity contribution >= 4 is 11.5 Å². The lowest BCUT2D eigenvalue weighted by molar-refractivity contribution is 0.478. The first kappa shape index (κ1) is 10.2. The summed E-state index contributed by atoms with van der Waals surface area (Å²) in [5.74, 6) is 1.07. The Bertz CT molecular complexity index is 399. The molecule has 6 nitrogen and oxygen atoms in total. The van der Waals surface area contributed by atoms with Gasteiger partial charge in [0, 0.05) is 0 Å². The number of rotatable bonds is 5. The van der Waals surface area contributed by atoms with Gasteiger partial charge in [0.25, 0.3) is 5.89 Å². The molecule has 0 radical (unpaired) electrons. The Morgan fingerprint density at radius 2 is 2.40 bits per heavy atom. The molecule has 2 heterocycles. The molecule has 2 aromatic heterocycles. The summed E-state index contributed by atoms with van der Waals surface area (Å²) in [5, 5.41) is 14.7. The summed E-state index contributed by atoms with van der Waals surface area (Å²) in [6.45, 7) is 3.65. The monoisotopic (exact) mass is 225 g/mol. The normalized spacial score (nSPS) is 10.7. The fourth-order valence-corrected chi connectivity index (χ4v) is 1.50. The molecular weight excluding hydrogens is 214 g/mol. The molecule has 1 N–H and O–H groups in total. The van der Waals surface area contributed by atoms with Crippen molar-refractivity contribution in [1.29, 1.82) is 0 Å². The minimum Gasteiger partial charge on any atom is -0.418 e. The Kier molecular flexibility index (Phi) is 3.36. The first-order valence-electron chi connectivity index (χ1n) is 4.71. The molecule has 0 aliphatic heterocycles. The van der Waals surface area contributed by atoms with Crippen molar-refractivity contribution in [2.24, 2.45) is 0 Å². The van der Waals surface area contributed by atoms with Crippen LogP contribution in [0.2, 0.25) is 0 Å². The van der Waals surface area contributed by atoms with Crippen molar-refractivity contribution in [3.05, 3.63) is 12.1 Å². The molecule has 0 spiro atoms. The third-order valence-corrected chi connectivity index (χ3v) is 2.39. The lowest BCUT2D eigenvalue weighted by atomic mass is 10.5. The largest absolute Gasteiger partial charge is 0.418 e. The second-order valence-electron chi connectivity index (χ2n) is 2.96. The minimum absolute atomic E-state index is 0.485. The second-order valence-corrected chi connectivity index (χ2v) is 3.75. The van der Waals surface area contributed by atoms with Gasteiger partial charge in [-0.3, -0.25) is 0 Å². The maximum absolute atomic E-state index is 5.42. The number of nitrogens with zero attached hydrogens (tertiary/aromatic N) is 4. The Labute approximate surface area is 90.9 Å². The SMILES string of the molecule is CCCNCc1nnc(-c2cnns2)o1. The highest BCUT2D eigenvalue weighted by Crippen LogP contribution is 2.19. The predicted molar refractivity (Wildman–Crippen MR) is 55.2 cm³/mol. The van der Waals surface area contributed by atoms with Gasteiger partial charge in [0.15, 0.2) is 0 Å². The second kappa shape index (κ2) is 4.94. The van der Waals surface area contributed by atoms with E-state index in [0.717, 1.165) is 17.8 Å². The van der Waals surface area contributed by atoms with E-state index in [0.29, 0.717) is 18.3 Å². The fraction of sp³-hybridized carbons (Fsp3) is 0.500. The lowest BCUT2D eigenvalue weighted by Crippen LogP contribution is -2.13. The standard InChI is InChI=1S/C8H11N5OS/c1-2-3-9-5-7-11-12-8(14-7)6-4-10-13-15-6/h4,9H,2-3,5H2,1H3. The van der Waals surface area contributed by atoms with E-state index in [2.05, 4.69) is 32.0 Å². The molecule has 0 amide bonds. The van der Waals surface area contributed by atoms with Crippen LogP contribution in [0.5, 0.6) is 0 Å². The van der Waals surface area contributed by atoms with Gasteiger partial charge in [0.05, 0.1) is 12.7 Å². The van der Waals surface area contributed by atoms with Gasteiger partial charge in [-0.1, -0.05) is 11.4 Å². The van der Waals surface area contributed by atoms with E-state index in [4.69, 9.17) is 4.42 Å². The molecule has 15 heavy (non-hydrogen) atoms. The van der Waals surface area contributed by atoms with Crippen molar-refractivity contribution in [2.75, 3.05) is 6.54 Å². The Hall–Kier alpha value is -1.34. The van der Waals surface area contributed by atoms with Gasteiger partial charge in [-0.25, -0.2) is 0 Å². The molecule has 0 aliphatic carbocycles. The average molecular weight is 225 g/mol. The Morgan fingerprint density at radius 3 is 3.13 bits per heavy atom. The Morgan fingerprint density at radius 1 is 1.47 bits per heavy atom. The summed E-state index contributed by atoms with van der Waals surface area (Å²) in [4.78, 5) is 0.796. The van der Waals surface area contributed by atoms with Crippen molar-refractivity contribution in [3.8, 4) is 10.8 Å². The molecule has 2 aromatic rings. The molecule has 0 saturated heterocycles. The van der Waals surface area contributed by atoms with Crippen LogP contribution in [0.1, 0.15) is 19.2 Å². The van der Waals surface area contributed by atoms with Gasteiger partial charge >= 0.3 is 0 Å². The molecule has 0 bridgehead atoms. The summed E-state index contributed by atoms with van der Waals surface area (Å²) in [7, 11) is 0. The van der Waals surface area contributed by atoms with Gasteiger partial charge in [0.2, 0.25) is 5.89 Å². The van der Waals surface area contributed by atoms with Crippen LogP contribution in [0, 0.1) is 0 Å². The van der Waals surface area contributed by atoms with Crippen molar-refractivity contribution in [1.82, 2.24) is 25.1 Å². The number of nitrogens with one attached hydrogen (secondary N) is 1. The van der Waals surface area contributed by atoms with Crippen LogP contribution in [0.3, 0.4) is 0 Å². The predicted octanol–water partition coefficient (Wildman–Crippen LogP) is 1.09. The topological polar surface area (TPSA) is 76.7 Å². The van der Waals surface area contributed by atoms with Gasteiger partial charge < -0.3 is 9.73 Å². The summed E-state index contributed by atoms with van der Waals surface area (Å²) < 4.78 is 9.15. The first-order valence-corrected chi connectivity index (χ1v) is 5.48. The van der Waals surface area contributed by atoms with Crippen molar-refractivity contribution in [3.63, 3.8) is 0 Å². The minimum atomic E-state index is 0.485. The van der Waals surface area contributed by atoms with Crippen LogP contribution in [-0.2, 0) is 6.54 Å². The van der Waals surface area contributed by atoms with Gasteiger partial charge in [-0.2, -0.15) is 0 Å². The lowest BCUT2D eigenvalue weighted by Gasteiger charge is -1.95. The fourth-order valence-electron chi connectivity index (χ4n) is 1.06. The number of aromatic nitrogens is 4. The molecule has 0 saturated carbocycles. The molecule has 2 rings (SSSR count). The van der Waals surface area contributed by atoms with Crippen LogP contribution in [0.15, 0.2) is 10.6 Å². The van der Waals surface area contributed by atoms with Crippen LogP contribution in [0.25, 0.3) is 10.8 Å². The number of hydrogen-bond donors (Lipinski definition) is 1. The van der Waals surface area contributed by atoms with Gasteiger partial charge in [0.1, 0.15) is 4.88 Å². The molecule has 0 fully saturated rings. The zero-order valence-electron chi connectivity index (χ0n) is 8.30. The van der Waals surface area contributed by atoms with E-state index in [-0.39, 0.29) is 0 Å². The van der Waals surface area contributed by atoms with Crippen LogP contribution >= 0.6 is 11.5 Å². The van der Waals surface area contributed by atoms with Crippen molar-refractivity contribution in [2.45, 2.75) is 19.9 Å². The van der Waals surface area contributed by atoms with E-state index >= 15 is 0 Å². The van der Waals surface area contributed by atoms with Crippen LogP contribution in [-0.4, -0.2) is 26.3 Å². The quantitative estimate of drug-likeness (QED) is 0.767. The third kappa shape index (κ3) is 2.57. The first-order chi connectivity index (χ1) is 7.40. The van der Waals surface area contributed by atoms with Crippen molar-refractivity contribution < 1.29 is 4.42 Å². The average Bonchev–Trinajstić information content (AvgIpc) is 2.87. The van der Waals surface area contributed by atoms with E-state index in [1.807, 2.05) is 0 Å². The highest BCUT2D eigenvalue weighted by Gasteiger charge is 2.09. The molecule has 0 atom stereocenters. The van der Waals surface area contributed by atoms with Crippen LogP contribution < -0.4 is 5.32 Å². The highest BCUT2D eigenvalue weighted by atomic mass is 32.1. The smallest absolute Gasteiger partial charge is 0.261 e. The summed E-state index contributed by atoms with van der Waals surface area (Å²) in [6, 6.07) is 0. The maximum Gasteiger partial charge on any atom is 0.261 e. The maximum atomic E-state index is 5.42. The highest BCUT2D eigenvalue weighted by molar-refractivity contribution is 7.09. The summed E-state index contributed by atoms with van der Waals surface area (Å²) >= 11 is 1.24. The van der Waals surface area contributed by atoms with E-state index in [9.17, 15) is 0 Å². The van der Waals surface area contributed by atoms with Crippen LogP contribution in [0.4, 0.5) is 0 Å². The number of hydrogen-bond acceptors (Lipinski definition) is 7.